The van der Waals surface area contributed by atoms with Crippen molar-refractivity contribution in [3.05, 3.63) is 29.8 Å². The Hall–Kier alpha value is -1.54. The van der Waals surface area contributed by atoms with E-state index in [1.165, 1.54) is 4.31 Å². The van der Waals surface area contributed by atoms with Gasteiger partial charge in [-0.3, -0.25) is 4.79 Å². The van der Waals surface area contributed by atoms with E-state index in [1.807, 2.05) is 13.8 Å². The number of sulfonamides is 1. The molecular formula is C17H24F2N2O3S. The molecule has 5 nitrogen and oxygen atoms in total. The number of benzene rings is 1. The van der Waals surface area contributed by atoms with Gasteiger partial charge in [0.25, 0.3) is 0 Å². The molecule has 0 radical (unpaired) electrons. The Balaban J connectivity index is 2.16. The van der Waals surface area contributed by atoms with Gasteiger partial charge >= 0.3 is 0 Å². The molecule has 0 aromatic heterocycles. The van der Waals surface area contributed by atoms with E-state index in [4.69, 9.17) is 0 Å². The fraction of sp³-hybridized carbons (Fsp3) is 0.588. The van der Waals surface area contributed by atoms with Crippen LogP contribution in [0.3, 0.4) is 0 Å². The fourth-order valence-electron chi connectivity index (χ4n) is 3.07. The average Bonchev–Trinajstić information content (AvgIpc) is 2.82. The van der Waals surface area contributed by atoms with Crippen molar-refractivity contribution in [3.63, 3.8) is 0 Å². The lowest BCUT2D eigenvalue weighted by Crippen LogP contribution is -2.40. The van der Waals surface area contributed by atoms with Gasteiger partial charge in [-0.05, 0) is 31.4 Å². The van der Waals surface area contributed by atoms with Crippen LogP contribution < -0.4 is 0 Å². The highest BCUT2D eigenvalue weighted by Crippen LogP contribution is 2.22. The Morgan fingerprint density at radius 2 is 1.80 bits per heavy atom. The van der Waals surface area contributed by atoms with Crippen molar-refractivity contribution in [2.45, 2.75) is 38.0 Å². The Morgan fingerprint density at radius 1 is 1.12 bits per heavy atom. The van der Waals surface area contributed by atoms with Crippen molar-refractivity contribution in [2.75, 3.05) is 26.2 Å². The maximum Gasteiger partial charge on any atom is 0.246 e. The molecule has 0 spiro atoms. The molecule has 1 saturated heterocycles. The van der Waals surface area contributed by atoms with E-state index in [-0.39, 0.29) is 31.5 Å². The first-order chi connectivity index (χ1) is 11.8. The zero-order chi connectivity index (χ0) is 18.6. The minimum atomic E-state index is -4.06. The molecule has 0 atom stereocenters. The normalized spacial score (nSPS) is 16.9. The Morgan fingerprint density at radius 3 is 2.40 bits per heavy atom. The summed E-state index contributed by atoms with van der Waals surface area (Å²) in [4.78, 5) is 13.6. The van der Waals surface area contributed by atoms with Crippen LogP contribution in [0.4, 0.5) is 8.78 Å². The lowest BCUT2D eigenvalue weighted by atomic mass is 10.0. The number of hydrogen-bond acceptors (Lipinski definition) is 3. The van der Waals surface area contributed by atoms with E-state index < -0.39 is 26.6 Å². The van der Waals surface area contributed by atoms with E-state index in [9.17, 15) is 22.0 Å². The van der Waals surface area contributed by atoms with Crippen molar-refractivity contribution in [1.29, 1.82) is 0 Å². The van der Waals surface area contributed by atoms with Gasteiger partial charge in [0.15, 0.2) is 0 Å². The number of halogens is 2. The minimum Gasteiger partial charge on any atom is -0.341 e. The monoisotopic (exact) mass is 374 g/mol. The molecule has 1 aliphatic heterocycles. The Labute approximate surface area is 147 Å². The second-order valence-corrected chi connectivity index (χ2v) is 8.08. The van der Waals surface area contributed by atoms with E-state index in [0.29, 0.717) is 19.0 Å². The van der Waals surface area contributed by atoms with E-state index >= 15 is 0 Å². The van der Waals surface area contributed by atoms with Crippen molar-refractivity contribution >= 4 is 15.9 Å². The van der Waals surface area contributed by atoms with Gasteiger partial charge in [-0.15, -0.1) is 0 Å². The highest BCUT2D eigenvalue weighted by atomic mass is 32.2. The van der Waals surface area contributed by atoms with Gasteiger partial charge in [-0.2, -0.15) is 4.31 Å². The molecule has 2 rings (SSSR count). The zero-order valence-corrected chi connectivity index (χ0v) is 15.4. The third-order valence-electron chi connectivity index (χ3n) is 4.61. The van der Waals surface area contributed by atoms with Crippen molar-refractivity contribution in [2.24, 2.45) is 5.92 Å². The Bertz CT molecular complexity index is 721. The van der Waals surface area contributed by atoms with Crippen LogP contribution in [0, 0.1) is 17.6 Å². The van der Waals surface area contributed by atoms with Crippen LogP contribution >= 0.6 is 0 Å². The third kappa shape index (κ3) is 4.36. The number of rotatable bonds is 5. The van der Waals surface area contributed by atoms with Gasteiger partial charge in [0.2, 0.25) is 15.9 Å². The number of carbonyl (C=O) groups is 1. The quantitative estimate of drug-likeness (QED) is 0.796. The molecule has 1 aromatic carbocycles. The maximum absolute atomic E-state index is 13.9. The van der Waals surface area contributed by atoms with E-state index in [1.54, 1.807) is 4.90 Å². The topological polar surface area (TPSA) is 57.7 Å². The first-order valence-electron chi connectivity index (χ1n) is 8.55. The third-order valence-corrected chi connectivity index (χ3v) is 6.55. The van der Waals surface area contributed by atoms with Gasteiger partial charge in [0.1, 0.15) is 16.5 Å². The van der Waals surface area contributed by atoms with Gasteiger partial charge in [0, 0.05) is 38.2 Å². The highest BCUT2D eigenvalue weighted by molar-refractivity contribution is 7.89. The van der Waals surface area contributed by atoms with Crippen LogP contribution in [0.15, 0.2) is 23.1 Å². The van der Waals surface area contributed by atoms with E-state index in [2.05, 4.69) is 0 Å². The average molecular weight is 374 g/mol. The lowest BCUT2D eigenvalue weighted by molar-refractivity contribution is -0.135. The first-order valence-corrected chi connectivity index (χ1v) is 9.99. The van der Waals surface area contributed by atoms with Crippen LogP contribution in [0.2, 0.25) is 0 Å². The van der Waals surface area contributed by atoms with Crippen LogP contribution in [-0.2, 0) is 14.8 Å². The number of hydrogen-bond donors (Lipinski definition) is 0. The number of amides is 1. The van der Waals surface area contributed by atoms with Crippen LogP contribution in [-0.4, -0.2) is 49.7 Å². The number of nitrogens with zero attached hydrogens (tertiary/aromatic N) is 2. The van der Waals surface area contributed by atoms with Crippen LogP contribution in [0.1, 0.15) is 33.1 Å². The predicted molar refractivity (Wildman–Crippen MR) is 90.4 cm³/mol. The summed E-state index contributed by atoms with van der Waals surface area (Å²) in [5, 5.41) is 0. The van der Waals surface area contributed by atoms with Crippen molar-refractivity contribution in [3.8, 4) is 0 Å². The van der Waals surface area contributed by atoms with Crippen molar-refractivity contribution < 1.29 is 22.0 Å². The summed E-state index contributed by atoms with van der Waals surface area (Å²) < 4.78 is 53.4. The highest BCUT2D eigenvalue weighted by Gasteiger charge is 2.31. The molecule has 0 saturated carbocycles. The molecule has 1 fully saturated rings. The van der Waals surface area contributed by atoms with Crippen LogP contribution in [0.5, 0.6) is 0 Å². The summed E-state index contributed by atoms with van der Waals surface area (Å²) in [6, 6.07) is 2.43. The molecule has 0 N–H and O–H groups in total. The zero-order valence-electron chi connectivity index (χ0n) is 14.5. The maximum atomic E-state index is 13.9. The largest absolute Gasteiger partial charge is 0.341 e. The van der Waals surface area contributed by atoms with E-state index in [0.717, 1.165) is 25.0 Å². The number of carbonyl (C=O) groups excluding carboxylic acids is 1. The summed E-state index contributed by atoms with van der Waals surface area (Å²) in [5.41, 5.74) is 0. The second-order valence-electron chi connectivity index (χ2n) is 6.17. The summed E-state index contributed by atoms with van der Waals surface area (Å²) in [7, 11) is -4.06. The van der Waals surface area contributed by atoms with Crippen LogP contribution in [0.25, 0.3) is 0 Å². The molecule has 1 amide bonds. The molecule has 8 heteroatoms. The Kier molecular flexibility index (Phi) is 6.51. The predicted octanol–water partition coefficient (Wildman–Crippen LogP) is 2.62. The van der Waals surface area contributed by atoms with Crippen molar-refractivity contribution in [1.82, 2.24) is 9.21 Å². The molecular weight excluding hydrogens is 350 g/mol. The van der Waals surface area contributed by atoms with Gasteiger partial charge in [-0.1, -0.05) is 13.8 Å². The lowest BCUT2D eigenvalue weighted by Gasteiger charge is -2.25. The second kappa shape index (κ2) is 8.23. The molecule has 1 aromatic rings. The molecule has 25 heavy (non-hydrogen) atoms. The first kappa shape index (κ1) is 19.8. The fourth-order valence-corrected chi connectivity index (χ4v) is 4.59. The standard InChI is InChI=1S/C17H24F2N2O3S/c1-3-13(4-2)17(22)20-8-5-9-21(11-10-20)25(23,24)16-7-6-14(18)12-15(16)19/h6-7,12-13H,3-5,8-11H2,1-2H3. The van der Waals surface area contributed by atoms with Gasteiger partial charge in [0.05, 0.1) is 0 Å². The summed E-state index contributed by atoms with van der Waals surface area (Å²) in [6.07, 6.45) is 1.97. The summed E-state index contributed by atoms with van der Waals surface area (Å²) in [6.45, 7) is 4.97. The van der Waals surface area contributed by atoms with Gasteiger partial charge in [-0.25, -0.2) is 17.2 Å². The molecule has 0 bridgehead atoms. The summed E-state index contributed by atoms with van der Waals surface area (Å²) >= 11 is 0. The molecule has 140 valence electrons. The van der Waals surface area contributed by atoms with Gasteiger partial charge < -0.3 is 4.90 Å². The minimum absolute atomic E-state index is 0.0391. The molecule has 0 unspecified atom stereocenters. The molecule has 1 heterocycles. The smallest absolute Gasteiger partial charge is 0.246 e. The SMILES string of the molecule is CCC(CC)C(=O)N1CCCN(S(=O)(=O)c2ccc(F)cc2F)CC1. The molecule has 1 aliphatic rings. The molecule has 0 aliphatic carbocycles. The summed E-state index contributed by atoms with van der Waals surface area (Å²) in [5.74, 6) is -1.95.